The van der Waals surface area contributed by atoms with Gasteiger partial charge in [-0.2, -0.15) is 0 Å². The molecule has 4 rings (SSSR count). The lowest BCUT2D eigenvalue weighted by Crippen LogP contribution is -2.36. The summed E-state index contributed by atoms with van der Waals surface area (Å²) in [7, 11) is 0. The van der Waals surface area contributed by atoms with Crippen molar-refractivity contribution < 1.29 is 14.0 Å². The molecule has 0 bridgehead atoms. The van der Waals surface area contributed by atoms with E-state index in [0.29, 0.717) is 25.3 Å². The average molecular weight is 402 g/mol. The van der Waals surface area contributed by atoms with Crippen molar-refractivity contribution in [1.29, 1.82) is 0 Å². The number of rotatable bonds is 4. The molecule has 0 radical (unpaired) electrons. The predicted molar refractivity (Wildman–Crippen MR) is 106 cm³/mol. The fourth-order valence-corrected chi connectivity index (χ4v) is 5.43. The van der Waals surface area contributed by atoms with Gasteiger partial charge in [-0.05, 0) is 30.5 Å². The van der Waals surface area contributed by atoms with Crippen molar-refractivity contribution in [2.45, 2.75) is 32.7 Å². The third-order valence-electron chi connectivity index (χ3n) is 5.78. The number of hydrogen-bond donors (Lipinski definition) is 0. The molecule has 0 saturated carbocycles. The SMILES string of the molecule is CCCc1nc(C(=O)N2C[C@@H]3CN(C(C)=O)[C@@H](c4cccc(F)c4)[C@@H]3C2)cs1. The fraction of sp³-hybridized carbons (Fsp3) is 0.476. The monoisotopic (exact) mass is 401 g/mol. The van der Waals surface area contributed by atoms with Gasteiger partial charge in [0.2, 0.25) is 5.91 Å². The highest BCUT2D eigenvalue weighted by Crippen LogP contribution is 2.45. The Balaban J connectivity index is 1.55. The number of fused-ring (bicyclic) bond motifs is 1. The van der Waals surface area contributed by atoms with Crippen molar-refractivity contribution in [2.75, 3.05) is 19.6 Å². The van der Waals surface area contributed by atoms with Crippen molar-refractivity contribution >= 4 is 23.2 Å². The van der Waals surface area contributed by atoms with Crippen LogP contribution in [-0.2, 0) is 11.2 Å². The zero-order valence-electron chi connectivity index (χ0n) is 16.1. The Morgan fingerprint density at radius 3 is 2.82 bits per heavy atom. The summed E-state index contributed by atoms with van der Waals surface area (Å²) in [6.45, 7) is 5.43. The molecule has 5 nitrogen and oxygen atoms in total. The minimum absolute atomic E-state index is 0.00903. The van der Waals surface area contributed by atoms with Crippen LogP contribution in [0.4, 0.5) is 4.39 Å². The third-order valence-corrected chi connectivity index (χ3v) is 6.69. The molecule has 2 aliphatic rings. The summed E-state index contributed by atoms with van der Waals surface area (Å²) in [5, 5.41) is 2.83. The van der Waals surface area contributed by atoms with Crippen molar-refractivity contribution in [2.24, 2.45) is 11.8 Å². The van der Waals surface area contributed by atoms with E-state index in [1.807, 2.05) is 21.2 Å². The maximum Gasteiger partial charge on any atom is 0.273 e. The second-order valence-corrected chi connectivity index (χ2v) is 8.62. The normalized spacial score (nSPS) is 23.9. The summed E-state index contributed by atoms with van der Waals surface area (Å²) in [6, 6.07) is 6.27. The van der Waals surface area contributed by atoms with E-state index in [1.54, 1.807) is 13.0 Å². The Bertz CT molecular complexity index is 899. The Morgan fingerprint density at radius 1 is 1.29 bits per heavy atom. The van der Waals surface area contributed by atoms with Crippen LogP contribution in [0.3, 0.4) is 0 Å². The standard InChI is InChI=1S/C21H24FN3O2S/c1-3-5-19-23-18(12-28-19)21(27)24-9-15-10-25(13(2)26)20(17(15)11-24)14-6-4-7-16(22)8-14/h4,6-8,12,15,17,20H,3,5,9-11H2,1-2H3/t15-,17-,20+/m1/s1. The first-order valence-corrected chi connectivity index (χ1v) is 10.6. The van der Waals surface area contributed by atoms with Gasteiger partial charge in [0.05, 0.1) is 11.0 Å². The smallest absolute Gasteiger partial charge is 0.273 e. The molecule has 0 aliphatic carbocycles. The van der Waals surface area contributed by atoms with E-state index in [2.05, 4.69) is 11.9 Å². The molecule has 1 aromatic heterocycles. The summed E-state index contributed by atoms with van der Waals surface area (Å²) < 4.78 is 13.8. The van der Waals surface area contributed by atoms with Gasteiger partial charge in [0.25, 0.3) is 5.91 Å². The zero-order chi connectivity index (χ0) is 19.8. The van der Waals surface area contributed by atoms with Crippen LogP contribution in [0.2, 0.25) is 0 Å². The number of thiazole rings is 1. The van der Waals surface area contributed by atoms with E-state index >= 15 is 0 Å². The molecule has 2 aromatic rings. The van der Waals surface area contributed by atoms with Crippen molar-refractivity contribution in [3.8, 4) is 0 Å². The highest BCUT2D eigenvalue weighted by atomic mass is 32.1. The molecule has 2 amide bonds. The quantitative estimate of drug-likeness (QED) is 0.788. The van der Waals surface area contributed by atoms with Gasteiger partial charge in [-0.15, -0.1) is 11.3 Å². The van der Waals surface area contributed by atoms with Crippen LogP contribution in [-0.4, -0.2) is 46.2 Å². The Labute approximate surface area is 168 Å². The highest BCUT2D eigenvalue weighted by Gasteiger charge is 2.49. The number of carbonyl (C=O) groups is 2. The molecule has 7 heteroatoms. The van der Waals surface area contributed by atoms with Crippen LogP contribution < -0.4 is 0 Å². The van der Waals surface area contributed by atoms with E-state index < -0.39 is 0 Å². The van der Waals surface area contributed by atoms with Crippen molar-refractivity contribution in [3.05, 3.63) is 51.7 Å². The number of benzene rings is 1. The van der Waals surface area contributed by atoms with Crippen LogP contribution in [0.5, 0.6) is 0 Å². The second kappa shape index (κ2) is 7.62. The van der Waals surface area contributed by atoms with Crippen LogP contribution >= 0.6 is 11.3 Å². The van der Waals surface area contributed by atoms with E-state index in [-0.39, 0.29) is 35.5 Å². The first-order valence-electron chi connectivity index (χ1n) is 9.74. The van der Waals surface area contributed by atoms with Crippen LogP contribution in [0.15, 0.2) is 29.6 Å². The lowest BCUT2D eigenvalue weighted by molar-refractivity contribution is -0.130. The van der Waals surface area contributed by atoms with Gasteiger partial charge >= 0.3 is 0 Å². The van der Waals surface area contributed by atoms with E-state index in [4.69, 9.17) is 0 Å². The summed E-state index contributed by atoms with van der Waals surface area (Å²) in [6.07, 6.45) is 1.89. The maximum atomic E-state index is 13.8. The highest BCUT2D eigenvalue weighted by molar-refractivity contribution is 7.09. The fourth-order valence-electron chi connectivity index (χ4n) is 4.55. The van der Waals surface area contributed by atoms with Gasteiger partial charge in [-0.3, -0.25) is 9.59 Å². The number of hydrogen-bond acceptors (Lipinski definition) is 4. The minimum atomic E-state index is -0.304. The van der Waals surface area contributed by atoms with Gasteiger partial charge in [0, 0.05) is 43.8 Å². The minimum Gasteiger partial charge on any atom is -0.337 e. The lowest BCUT2D eigenvalue weighted by atomic mass is 9.89. The summed E-state index contributed by atoms with van der Waals surface area (Å²) in [5.41, 5.74) is 1.31. The van der Waals surface area contributed by atoms with Crippen LogP contribution in [0.1, 0.15) is 47.4 Å². The molecule has 0 unspecified atom stereocenters. The zero-order valence-corrected chi connectivity index (χ0v) is 16.9. The van der Waals surface area contributed by atoms with Gasteiger partial charge in [-0.25, -0.2) is 9.37 Å². The van der Waals surface area contributed by atoms with E-state index in [1.165, 1.54) is 23.5 Å². The van der Waals surface area contributed by atoms with Gasteiger partial charge in [0.1, 0.15) is 11.5 Å². The maximum absolute atomic E-state index is 13.8. The molecule has 28 heavy (non-hydrogen) atoms. The van der Waals surface area contributed by atoms with Crippen LogP contribution in [0, 0.1) is 17.7 Å². The molecular formula is C21H24FN3O2S. The molecule has 2 saturated heterocycles. The molecule has 1 aromatic carbocycles. The van der Waals surface area contributed by atoms with Crippen molar-refractivity contribution in [1.82, 2.24) is 14.8 Å². The average Bonchev–Trinajstić information content (AvgIpc) is 3.35. The van der Waals surface area contributed by atoms with Gasteiger partial charge in [-0.1, -0.05) is 19.1 Å². The first kappa shape index (κ1) is 19.1. The largest absolute Gasteiger partial charge is 0.337 e. The topological polar surface area (TPSA) is 53.5 Å². The molecule has 3 heterocycles. The molecule has 148 valence electrons. The van der Waals surface area contributed by atoms with Crippen molar-refractivity contribution in [3.63, 3.8) is 0 Å². The molecule has 3 atom stereocenters. The van der Waals surface area contributed by atoms with Crippen LogP contribution in [0.25, 0.3) is 0 Å². The Morgan fingerprint density at radius 2 is 2.11 bits per heavy atom. The number of amides is 2. The number of carbonyl (C=O) groups excluding carboxylic acids is 2. The molecule has 2 aliphatic heterocycles. The molecule has 0 N–H and O–H groups in total. The molecular weight excluding hydrogens is 377 g/mol. The van der Waals surface area contributed by atoms with E-state index in [0.717, 1.165) is 23.4 Å². The second-order valence-electron chi connectivity index (χ2n) is 7.68. The van der Waals surface area contributed by atoms with E-state index in [9.17, 15) is 14.0 Å². The summed E-state index contributed by atoms with van der Waals surface area (Å²) in [5.74, 6) is -0.0369. The lowest BCUT2D eigenvalue weighted by Gasteiger charge is -2.29. The summed E-state index contributed by atoms with van der Waals surface area (Å²) >= 11 is 1.53. The Kier molecular flexibility index (Phi) is 5.19. The number of likely N-dealkylation sites (tertiary alicyclic amines) is 2. The Hall–Kier alpha value is -2.28. The van der Waals surface area contributed by atoms with Gasteiger partial charge < -0.3 is 9.80 Å². The third kappa shape index (κ3) is 3.43. The molecule has 2 fully saturated rings. The number of nitrogens with zero attached hydrogens (tertiary/aromatic N) is 3. The first-order chi connectivity index (χ1) is 13.5. The predicted octanol–water partition coefficient (Wildman–Crippen LogP) is 3.53. The number of aryl methyl sites for hydroxylation is 1. The number of aromatic nitrogens is 1. The molecule has 0 spiro atoms. The number of halogens is 1. The van der Waals surface area contributed by atoms with Gasteiger partial charge in [0.15, 0.2) is 0 Å². The summed E-state index contributed by atoms with van der Waals surface area (Å²) in [4.78, 5) is 33.3.